The highest BCUT2D eigenvalue weighted by Crippen LogP contribution is 2.13. The molecule has 2 aromatic heterocycles. The van der Waals surface area contributed by atoms with Gasteiger partial charge < -0.3 is 10.2 Å². The Morgan fingerprint density at radius 2 is 2.21 bits per heavy atom. The second-order valence-electron chi connectivity index (χ2n) is 5.78. The van der Waals surface area contributed by atoms with E-state index in [4.69, 9.17) is 4.99 Å². The first kappa shape index (κ1) is 16.5. The van der Waals surface area contributed by atoms with E-state index in [0.29, 0.717) is 6.54 Å². The number of guanidine groups is 1. The Balaban J connectivity index is 1.72. The molecule has 0 saturated carbocycles. The van der Waals surface area contributed by atoms with Crippen molar-refractivity contribution in [2.24, 2.45) is 4.99 Å². The summed E-state index contributed by atoms with van der Waals surface area (Å²) in [5, 5.41) is 5.40. The van der Waals surface area contributed by atoms with Crippen LogP contribution in [-0.2, 0) is 13.1 Å². The highest BCUT2D eigenvalue weighted by molar-refractivity contribution is 7.15. The zero-order valence-corrected chi connectivity index (χ0v) is 15.2. The van der Waals surface area contributed by atoms with Crippen LogP contribution >= 0.6 is 11.3 Å². The third kappa shape index (κ3) is 3.76. The molecule has 0 atom stereocenters. The van der Waals surface area contributed by atoms with Crippen LogP contribution in [-0.4, -0.2) is 33.8 Å². The number of benzene rings is 1. The van der Waals surface area contributed by atoms with Gasteiger partial charge in [0.15, 0.2) is 10.9 Å². The van der Waals surface area contributed by atoms with E-state index in [2.05, 4.69) is 60.4 Å². The molecule has 0 fully saturated rings. The number of imidazole rings is 1. The van der Waals surface area contributed by atoms with E-state index in [0.717, 1.165) is 29.7 Å². The zero-order chi connectivity index (χ0) is 16.9. The molecule has 0 amide bonds. The molecule has 5 nitrogen and oxygen atoms in total. The monoisotopic (exact) mass is 341 g/mol. The van der Waals surface area contributed by atoms with E-state index in [1.807, 2.05) is 22.2 Å². The predicted molar refractivity (Wildman–Crippen MR) is 101 cm³/mol. The fraction of sp³-hybridized carbons (Fsp3) is 0.333. The lowest BCUT2D eigenvalue weighted by atomic mass is 10.1. The van der Waals surface area contributed by atoms with Crippen LogP contribution in [0.2, 0.25) is 0 Å². The van der Waals surface area contributed by atoms with Gasteiger partial charge in [0, 0.05) is 37.9 Å². The van der Waals surface area contributed by atoms with Crippen LogP contribution < -0.4 is 5.32 Å². The van der Waals surface area contributed by atoms with Gasteiger partial charge in [-0.15, -0.1) is 11.3 Å². The molecule has 2 heterocycles. The Labute approximate surface area is 146 Å². The average Bonchev–Trinajstić information content (AvgIpc) is 3.15. The molecule has 0 aliphatic carbocycles. The minimum absolute atomic E-state index is 0.578. The number of nitrogens with one attached hydrogen (secondary N) is 1. The van der Waals surface area contributed by atoms with Crippen LogP contribution in [0.4, 0.5) is 0 Å². The molecular weight excluding hydrogens is 318 g/mol. The van der Waals surface area contributed by atoms with E-state index < -0.39 is 0 Å². The lowest BCUT2D eigenvalue weighted by molar-refractivity contribution is 0.475. The van der Waals surface area contributed by atoms with E-state index in [1.54, 1.807) is 11.3 Å². The van der Waals surface area contributed by atoms with Crippen molar-refractivity contribution in [3.63, 3.8) is 0 Å². The second-order valence-corrected chi connectivity index (χ2v) is 6.65. The van der Waals surface area contributed by atoms with Gasteiger partial charge in [-0.05, 0) is 25.0 Å². The summed E-state index contributed by atoms with van der Waals surface area (Å²) in [4.78, 5) is 12.5. The average molecular weight is 341 g/mol. The van der Waals surface area contributed by atoms with Crippen molar-refractivity contribution in [3.8, 4) is 0 Å². The second kappa shape index (κ2) is 7.49. The molecule has 126 valence electrons. The van der Waals surface area contributed by atoms with Crippen molar-refractivity contribution < 1.29 is 0 Å². The van der Waals surface area contributed by atoms with Gasteiger partial charge >= 0.3 is 0 Å². The van der Waals surface area contributed by atoms with Crippen LogP contribution in [0.15, 0.2) is 47.0 Å². The Morgan fingerprint density at radius 3 is 2.96 bits per heavy atom. The first-order chi connectivity index (χ1) is 11.7. The predicted octanol–water partition coefficient (Wildman–Crippen LogP) is 3.30. The van der Waals surface area contributed by atoms with Gasteiger partial charge in [-0.2, -0.15) is 0 Å². The Bertz CT molecular complexity index is 804. The topological polar surface area (TPSA) is 44.9 Å². The highest BCUT2D eigenvalue weighted by atomic mass is 32.1. The summed E-state index contributed by atoms with van der Waals surface area (Å²) in [7, 11) is 2.07. The molecule has 24 heavy (non-hydrogen) atoms. The summed E-state index contributed by atoms with van der Waals surface area (Å²) in [6, 6.07) is 8.46. The van der Waals surface area contributed by atoms with Crippen molar-refractivity contribution in [2.75, 3.05) is 13.6 Å². The van der Waals surface area contributed by atoms with Crippen molar-refractivity contribution in [1.29, 1.82) is 0 Å². The van der Waals surface area contributed by atoms with Gasteiger partial charge in [0.25, 0.3) is 0 Å². The summed E-state index contributed by atoms with van der Waals surface area (Å²) in [5.41, 5.74) is 3.60. The summed E-state index contributed by atoms with van der Waals surface area (Å²) >= 11 is 1.64. The number of thiazole rings is 1. The van der Waals surface area contributed by atoms with Gasteiger partial charge in [0.05, 0.1) is 12.2 Å². The van der Waals surface area contributed by atoms with Crippen molar-refractivity contribution in [1.82, 2.24) is 19.6 Å². The van der Waals surface area contributed by atoms with E-state index >= 15 is 0 Å². The molecule has 1 aromatic carbocycles. The number of aromatic nitrogens is 2. The molecule has 0 aliphatic rings. The third-order valence-electron chi connectivity index (χ3n) is 3.90. The molecule has 6 heteroatoms. The first-order valence-electron chi connectivity index (χ1n) is 8.12. The zero-order valence-electron chi connectivity index (χ0n) is 14.4. The Kier molecular flexibility index (Phi) is 5.15. The van der Waals surface area contributed by atoms with E-state index in [1.165, 1.54) is 11.1 Å². The largest absolute Gasteiger partial charge is 0.357 e. The number of fused-ring (bicyclic) bond motifs is 1. The lowest BCUT2D eigenvalue weighted by Crippen LogP contribution is -2.38. The summed E-state index contributed by atoms with van der Waals surface area (Å²) in [6.45, 7) is 6.48. The molecule has 0 unspecified atom stereocenters. The number of hydrogen-bond acceptors (Lipinski definition) is 3. The highest BCUT2D eigenvalue weighted by Gasteiger charge is 2.09. The number of aliphatic imine (C=N–C) groups is 1. The van der Waals surface area contributed by atoms with Crippen molar-refractivity contribution in [2.45, 2.75) is 26.9 Å². The van der Waals surface area contributed by atoms with Crippen LogP contribution in [0.25, 0.3) is 4.96 Å². The third-order valence-corrected chi connectivity index (χ3v) is 4.67. The number of aryl methyl sites for hydroxylation is 1. The fourth-order valence-electron chi connectivity index (χ4n) is 2.60. The van der Waals surface area contributed by atoms with Gasteiger partial charge in [-0.1, -0.05) is 24.3 Å². The van der Waals surface area contributed by atoms with E-state index in [-0.39, 0.29) is 0 Å². The molecule has 0 radical (unpaired) electrons. The maximum absolute atomic E-state index is 4.74. The summed E-state index contributed by atoms with van der Waals surface area (Å²) < 4.78 is 2.04. The van der Waals surface area contributed by atoms with Crippen LogP contribution in [0, 0.1) is 6.92 Å². The number of rotatable bonds is 5. The Hall–Kier alpha value is -2.34. The Morgan fingerprint density at radius 1 is 1.38 bits per heavy atom. The lowest BCUT2D eigenvalue weighted by Gasteiger charge is -2.22. The molecule has 0 bridgehead atoms. The normalized spacial score (nSPS) is 11.9. The standard InChI is InChI=1S/C18H23N5S/c1-4-19-17(22(3)12-15-8-6-5-7-14(15)2)20-11-16-13-23-9-10-24-18(23)21-16/h5-10,13H,4,11-12H2,1-3H3,(H,19,20). The maximum atomic E-state index is 4.74. The molecule has 0 saturated heterocycles. The maximum Gasteiger partial charge on any atom is 0.194 e. The van der Waals surface area contributed by atoms with Crippen LogP contribution in [0.1, 0.15) is 23.7 Å². The SMILES string of the molecule is CCNC(=NCc1cn2ccsc2n1)N(C)Cc1ccccc1C. The first-order valence-corrected chi connectivity index (χ1v) is 9.00. The van der Waals surface area contributed by atoms with Gasteiger partial charge in [0.1, 0.15) is 0 Å². The minimum Gasteiger partial charge on any atom is -0.357 e. The molecule has 0 spiro atoms. The summed E-state index contributed by atoms with van der Waals surface area (Å²) in [5.74, 6) is 0.900. The van der Waals surface area contributed by atoms with Crippen molar-refractivity contribution in [3.05, 3.63) is 58.9 Å². The number of hydrogen-bond donors (Lipinski definition) is 1. The molecular formula is C18H23N5S. The fourth-order valence-corrected chi connectivity index (χ4v) is 3.31. The van der Waals surface area contributed by atoms with Gasteiger partial charge in [-0.3, -0.25) is 4.40 Å². The minimum atomic E-state index is 0.578. The number of nitrogens with zero attached hydrogens (tertiary/aromatic N) is 4. The molecule has 0 aliphatic heterocycles. The van der Waals surface area contributed by atoms with Gasteiger partial charge in [0.2, 0.25) is 0 Å². The molecule has 3 rings (SSSR count). The summed E-state index contributed by atoms with van der Waals surface area (Å²) in [6.07, 6.45) is 4.07. The van der Waals surface area contributed by atoms with Crippen molar-refractivity contribution >= 4 is 22.3 Å². The quantitative estimate of drug-likeness (QED) is 0.572. The smallest absolute Gasteiger partial charge is 0.194 e. The molecule has 1 N–H and O–H groups in total. The van der Waals surface area contributed by atoms with Crippen LogP contribution in [0.5, 0.6) is 0 Å². The molecule has 3 aromatic rings. The van der Waals surface area contributed by atoms with Gasteiger partial charge in [-0.25, -0.2) is 9.98 Å². The van der Waals surface area contributed by atoms with Crippen LogP contribution in [0.3, 0.4) is 0 Å². The van der Waals surface area contributed by atoms with E-state index in [9.17, 15) is 0 Å².